The van der Waals surface area contributed by atoms with Crippen LogP contribution in [-0.2, 0) is 4.74 Å². The van der Waals surface area contributed by atoms with E-state index >= 15 is 0 Å². The molecule has 1 aliphatic rings. The Morgan fingerprint density at radius 1 is 1.50 bits per heavy atom. The van der Waals surface area contributed by atoms with Crippen LogP contribution in [0.4, 0.5) is 0 Å². The van der Waals surface area contributed by atoms with Crippen molar-refractivity contribution in [3.05, 3.63) is 0 Å². The fraction of sp³-hybridized carbons (Fsp3) is 1.00. The molecule has 5 heteroatoms. The minimum atomic E-state index is -0.687. The van der Waals surface area contributed by atoms with E-state index in [4.69, 9.17) is 23.4 Å². The molecule has 0 saturated carbocycles. The third-order valence-corrected chi connectivity index (χ3v) is 2.25. The number of hydrogen-bond donors (Lipinski definition) is 3. The molecule has 2 radical (unpaired) electrons. The summed E-state index contributed by atoms with van der Waals surface area (Å²) in [6.45, 7) is 0.271. The predicted octanol–water partition coefficient (Wildman–Crippen LogP) is -1.80. The standard InChI is InChI=1S/C7H14BNO3/c8-7-4(1-2-9)6(11)5(3-10)12-7/h4-7,10-11H,1-3,9H2/t4-,5-,6+,7-/m1/s1. The van der Waals surface area contributed by atoms with Crippen molar-refractivity contribution in [2.45, 2.75) is 24.6 Å². The molecule has 68 valence electrons. The number of rotatable bonds is 3. The van der Waals surface area contributed by atoms with Gasteiger partial charge in [-0.2, -0.15) is 0 Å². The number of nitrogens with two attached hydrogens (primary N) is 1. The molecule has 1 rings (SSSR count). The summed E-state index contributed by atoms with van der Waals surface area (Å²) in [7, 11) is 5.57. The topological polar surface area (TPSA) is 75.7 Å². The molecule has 0 aromatic rings. The molecular formula is C7H14BNO3. The summed E-state index contributed by atoms with van der Waals surface area (Å²) in [5, 5.41) is 18.3. The van der Waals surface area contributed by atoms with E-state index in [1.54, 1.807) is 0 Å². The van der Waals surface area contributed by atoms with Gasteiger partial charge in [-0.3, -0.25) is 0 Å². The molecule has 1 saturated heterocycles. The van der Waals surface area contributed by atoms with Crippen LogP contribution in [0, 0.1) is 5.92 Å². The van der Waals surface area contributed by atoms with Gasteiger partial charge in [-0.15, -0.1) is 0 Å². The molecule has 12 heavy (non-hydrogen) atoms. The molecule has 0 aromatic heterocycles. The maximum atomic E-state index is 9.53. The Morgan fingerprint density at radius 2 is 2.17 bits per heavy atom. The van der Waals surface area contributed by atoms with E-state index < -0.39 is 18.2 Å². The highest BCUT2D eigenvalue weighted by Gasteiger charge is 2.39. The molecule has 4 nitrogen and oxygen atoms in total. The van der Waals surface area contributed by atoms with Crippen molar-refractivity contribution >= 4 is 7.85 Å². The van der Waals surface area contributed by atoms with Crippen molar-refractivity contribution in [3.8, 4) is 0 Å². The van der Waals surface area contributed by atoms with E-state index in [9.17, 15) is 5.11 Å². The first kappa shape index (κ1) is 9.99. The van der Waals surface area contributed by atoms with Crippen molar-refractivity contribution < 1.29 is 14.9 Å². The Hall–Kier alpha value is -0.0951. The zero-order chi connectivity index (χ0) is 9.14. The van der Waals surface area contributed by atoms with Crippen LogP contribution in [-0.4, -0.2) is 49.4 Å². The van der Waals surface area contributed by atoms with E-state index in [2.05, 4.69) is 0 Å². The maximum Gasteiger partial charge on any atom is 0.109 e. The second kappa shape index (κ2) is 4.23. The molecule has 1 fully saturated rings. The molecule has 4 atom stereocenters. The molecule has 1 aliphatic heterocycles. The van der Waals surface area contributed by atoms with Crippen molar-refractivity contribution in [1.82, 2.24) is 0 Å². The Balaban J connectivity index is 2.51. The van der Waals surface area contributed by atoms with Crippen molar-refractivity contribution in [1.29, 1.82) is 0 Å². The summed E-state index contributed by atoms with van der Waals surface area (Å²) in [4.78, 5) is 0. The lowest BCUT2D eigenvalue weighted by molar-refractivity contribution is -0.00515. The quantitative estimate of drug-likeness (QED) is 0.438. The Kier molecular flexibility index (Phi) is 3.52. The third kappa shape index (κ3) is 1.80. The van der Waals surface area contributed by atoms with Crippen molar-refractivity contribution in [2.24, 2.45) is 11.7 Å². The summed E-state index contributed by atoms with van der Waals surface area (Å²) >= 11 is 0. The van der Waals surface area contributed by atoms with Crippen LogP contribution < -0.4 is 5.73 Å². The second-order valence-corrected chi connectivity index (χ2v) is 3.05. The van der Waals surface area contributed by atoms with E-state index in [0.29, 0.717) is 13.0 Å². The summed E-state index contributed by atoms with van der Waals surface area (Å²) in [5.41, 5.74) is 5.33. The fourth-order valence-electron chi connectivity index (χ4n) is 1.53. The highest BCUT2D eigenvalue weighted by Crippen LogP contribution is 2.27. The highest BCUT2D eigenvalue weighted by atomic mass is 16.5. The van der Waals surface area contributed by atoms with Crippen LogP contribution >= 0.6 is 0 Å². The lowest BCUT2D eigenvalue weighted by atomic mass is 9.82. The van der Waals surface area contributed by atoms with Crippen LogP contribution in [0.15, 0.2) is 0 Å². The molecule has 0 unspecified atom stereocenters. The molecule has 4 N–H and O–H groups in total. The second-order valence-electron chi connectivity index (χ2n) is 3.05. The molecule has 1 heterocycles. The summed E-state index contributed by atoms with van der Waals surface area (Å²) in [6, 6.07) is -0.499. The Bertz CT molecular complexity index is 147. The van der Waals surface area contributed by atoms with E-state index in [1.165, 1.54) is 0 Å². The molecule has 0 amide bonds. The van der Waals surface area contributed by atoms with E-state index in [0.717, 1.165) is 0 Å². The summed E-state index contributed by atoms with van der Waals surface area (Å²) in [5.74, 6) is -0.146. The van der Waals surface area contributed by atoms with Gasteiger partial charge in [0, 0.05) is 11.9 Å². The van der Waals surface area contributed by atoms with Gasteiger partial charge in [-0.25, -0.2) is 0 Å². The molecule has 0 aliphatic carbocycles. The average Bonchev–Trinajstić information content (AvgIpc) is 2.32. The molecule has 0 spiro atoms. The minimum Gasteiger partial charge on any atom is -0.394 e. The van der Waals surface area contributed by atoms with Crippen LogP contribution in [0.1, 0.15) is 6.42 Å². The lowest BCUT2D eigenvalue weighted by Gasteiger charge is -2.16. The van der Waals surface area contributed by atoms with Crippen LogP contribution in [0.5, 0.6) is 0 Å². The summed E-state index contributed by atoms with van der Waals surface area (Å²) < 4.78 is 5.11. The number of hydrogen-bond acceptors (Lipinski definition) is 4. The van der Waals surface area contributed by atoms with Gasteiger partial charge in [0.1, 0.15) is 14.0 Å². The number of aliphatic hydroxyl groups is 2. The van der Waals surface area contributed by atoms with Gasteiger partial charge in [0.2, 0.25) is 0 Å². The largest absolute Gasteiger partial charge is 0.394 e. The lowest BCUT2D eigenvalue weighted by Crippen LogP contribution is -2.31. The monoisotopic (exact) mass is 171 g/mol. The van der Waals surface area contributed by atoms with Crippen LogP contribution in [0.2, 0.25) is 0 Å². The molecule has 0 bridgehead atoms. The fourth-order valence-corrected chi connectivity index (χ4v) is 1.53. The third-order valence-electron chi connectivity index (χ3n) is 2.25. The van der Waals surface area contributed by atoms with E-state index in [-0.39, 0.29) is 12.5 Å². The van der Waals surface area contributed by atoms with E-state index in [1.807, 2.05) is 0 Å². The number of aliphatic hydroxyl groups excluding tert-OH is 2. The van der Waals surface area contributed by atoms with Gasteiger partial charge in [-0.1, -0.05) is 0 Å². The van der Waals surface area contributed by atoms with Crippen molar-refractivity contribution in [3.63, 3.8) is 0 Å². The normalized spacial score (nSPS) is 41.9. The van der Waals surface area contributed by atoms with Gasteiger partial charge in [0.05, 0.1) is 12.7 Å². The number of ether oxygens (including phenoxy) is 1. The highest BCUT2D eigenvalue weighted by molar-refractivity contribution is 6.11. The van der Waals surface area contributed by atoms with Gasteiger partial charge < -0.3 is 20.7 Å². The van der Waals surface area contributed by atoms with Crippen molar-refractivity contribution in [2.75, 3.05) is 13.2 Å². The first-order chi connectivity index (χ1) is 5.70. The van der Waals surface area contributed by atoms with Gasteiger partial charge >= 0.3 is 0 Å². The molecular weight excluding hydrogens is 157 g/mol. The SMILES string of the molecule is [B][C@@H]1O[C@H](CO)[C@@H](O)[C@H]1CCN. The maximum absolute atomic E-state index is 9.53. The van der Waals surface area contributed by atoms with Crippen LogP contribution in [0.25, 0.3) is 0 Å². The first-order valence-electron chi connectivity index (χ1n) is 4.10. The minimum absolute atomic E-state index is 0.146. The Labute approximate surface area is 73.1 Å². The molecule has 0 aromatic carbocycles. The summed E-state index contributed by atoms with van der Waals surface area (Å²) in [6.07, 6.45) is -0.608. The van der Waals surface area contributed by atoms with Gasteiger partial charge in [-0.05, 0) is 13.0 Å². The van der Waals surface area contributed by atoms with Gasteiger partial charge in [0.25, 0.3) is 0 Å². The first-order valence-corrected chi connectivity index (χ1v) is 4.10. The average molecular weight is 171 g/mol. The zero-order valence-corrected chi connectivity index (χ0v) is 6.89. The smallest absolute Gasteiger partial charge is 0.109 e. The predicted molar refractivity (Wildman–Crippen MR) is 44.7 cm³/mol. The Morgan fingerprint density at radius 3 is 2.58 bits per heavy atom. The van der Waals surface area contributed by atoms with Crippen LogP contribution in [0.3, 0.4) is 0 Å². The van der Waals surface area contributed by atoms with Gasteiger partial charge in [0.15, 0.2) is 0 Å². The zero-order valence-electron chi connectivity index (χ0n) is 6.89.